The molecule has 1 amide bonds. The van der Waals surface area contributed by atoms with Crippen LogP contribution in [0.2, 0.25) is 0 Å². The van der Waals surface area contributed by atoms with Crippen LogP contribution in [0, 0.1) is 11.8 Å². The Morgan fingerprint density at radius 2 is 2.33 bits per heavy atom. The number of rotatable bonds is 2. The topological polar surface area (TPSA) is 68.0 Å². The maximum Gasteiger partial charge on any atom is 0.266 e. The molecular formula is C16H15N3OS. The molecule has 0 fully saturated rings. The number of nitrogens with zero attached hydrogens (tertiary/aromatic N) is 1. The van der Waals surface area contributed by atoms with Crippen molar-refractivity contribution in [2.24, 2.45) is 5.73 Å². The first-order valence-corrected chi connectivity index (χ1v) is 7.66. The highest BCUT2D eigenvalue weighted by molar-refractivity contribution is 7.14. The summed E-state index contributed by atoms with van der Waals surface area (Å²) in [5, 5.41) is 2.83. The molecule has 4 nitrogen and oxygen atoms in total. The maximum absolute atomic E-state index is 12.2. The highest BCUT2D eigenvalue weighted by atomic mass is 32.1. The number of carbonyl (C=O) groups excluding carboxylic acids is 1. The van der Waals surface area contributed by atoms with E-state index in [2.05, 4.69) is 22.1 Å². The van der Waals surface area contributed by atoms with Crippen molar-refractivity contribution in [2.45, 2.75) is 19.3 Å². The molecule has 0 bridgehead atoms. The molecule has 2 heterocycles. The number of hydrogen-bond donors (Lipinski definition) is 2. The molecule has 0 saturated heterocycles. The van der Waals surface area contributed by atoms with Crippen molar-refractivity contribution in [3.63, 3.8) is 0 Å². The third-order valence-electron chi connectivity index (χ3n) is 3.31. The Labute approximate surface area is 127 Å². The molecule has 3 rings (SSSR count). The van der Waals surface area contributed by atoms with Crippen LogP contribution in [0.25, 0.3) is 0 Å². The third-order valence-corrected chi connectivity index (χ3v) is 4.54. The van der Waals surface area contributed by atoms with Gasteiger partial charge in [-0.25, -0.2) is 4.98 Å². The molecule has 1 aliphatic rings. The molecule has 2 aromatic rings. The molecule has 0 radical (unpaired) electrons. The van der Waals surface area contributed by atoms with Gasteiger partial charge in [-0.2, -0.15) is 0 Å². The zero-order valence-electron chi connectivity index (χ0n) is 11.5. The van der Waals surface area contributed by atoms with Crippen molar-refractivity contribution < 1.29 is 4.79 Å². The number of carbonyl (C=O) groups is 1. The van der Waals surface area contributed by atoms with E-state index in [1.54, 1.807) is 29.7 Å². The molecule has 5 heteroatoms. The minimum atomic E-state index is -0.106. The summed E-state index contributed by atoms with van der Waals surface area (Å²) in [4.78, 5) is 18.5. The van der Waals surface area contributed by atoms with Gasteiger partial charge in [-0.3, -0.25) is 4.79 Å². The van der Waals surface area contributed by atoms with E-state index in [4.69, 9.17) is 5.73 Å². The largest absolute Gasteiger partial charge is 0.320 e. The van der Waals surface area contributed by atoms with E-state index in [1.807, 2.05) is 6.07 Å². The number of aromatic nitrogens is 1. The number of anilines is 1. The lowest BCUT2D eigenvalue weighted by Crippen LogP contribution is -2.11. The molecule has 3 N–H and O–H groups in total. The minimum Gasteiger partial charge on any atom is -0.320 e. The van der Waals surface area contributed by atoms with Crippen molar-refractivity contribution in [1.82, 2.24) is 4.98 Å². The van der Waals surface area contributed by atoms with Gasteiger partial charge in [0.15, 0.2) is 0 Å². The second-order valence-electron chi connectivity index (χ2n) is 4.80. The van der Waals surface area contributed by atoms with E-state index in [1.165, 1.54) is 16.9 Å². The highest BCUT2D eigenvalue weighted by Crippen LogP contribution is 2.30. The molecule has 1 aliphatic carbocycles. The van der Waals surface area contributed by atoms with Crippen LogP contribution in [0.3, 0.4) is 0 Å². The Morgan fingerprint density at radius 3 is 3.14 bits per heavy atom. The first-order chi connectivity index (χ1) is 10.3. The molecule has 106 valence electrons. The van der Waals surface area contributed by atoms with Crippen molar-refractivity contribution >= 4 is 23.1 Å². The number of amides is 1. The Hall–Kier alpha value is -2.16. The average molecular weight is 297 g/mol. The zero-order chi connectivity index (χ0) is 14.7. The third kappa shape index (κ3) is 3.13. The Bertz CT molecular complexity index is 718. The first kappa shape index (κ1) is 13.8. The molecule has 0 aliphatic heterocycles. The summed E-state index contributed by atoms with van der Waals surface area (Å²) in [6, 6.07) is 5.54. The highest BCUT2D eigenvalue weighted by Gasteiger charge is 2.18. The predicted molar refractivity (Wildman–Crippen MR) is 84.5 cm³/mol. The van der Waals surface area contributed by atoms with E-state index < -0.39 is 0 Å². The quantitative estimate of drug-likeness (QED) is 0.835. The van der Waals surface area contributed by atoms with Crippen molar-refractivity contribution in [2.75, 3.05) is 11.9 Å². The summed E-state index contributed by atoms with van der Waals surface area (Å²) in [6.07, 6.45) is 5.01. The fourth-order valence-corrected chi connectivity index (χ4v) is 3.50. The van der Waals surface area contributed by atoms with Crippen LogP contribution in [0.4, 0.5) is 5.82 Å². The molecule has 0 atom stereocenters. The SMILES string of the molecule is NCC#Cc1ccnc(NC(=O)c2cc3c(s2)CCC3)c1. The van der Waals surface area contributed by atoms with Crippen molar-refractivity contribution in [3.8, 4) is 11.8 Å². The zero-order valence-corrected chi connectivity index (χ0v) is 12.3. The Morgan fingerprint density at radius 1 is 1.43 bits per heavy atom. The van der Waals surface area contributed by atoms with Crippen LogP contribution < -0.4 is 11.1 Å². The minimum absolute atomic E-state index is 0.106. The van der Waals surface area contributed by atoms with Crippen molar-refractivity contribution in [1.29, 1.82) is 0 Å². The second-order valence-corrected chi connectivity index (χ2v) is 5.94. The van der Waals surface area contributed by atoms with Gasteiger partial charge in [0.2, 0.25) is 0 Å². The van der Waals surface area contributed by atoms with Crippen LogP contribution >= 0.6 is 11.3 Å². The van der Waals surface area contributed by atoms with E-state index in [0.29, 0.717) is 12.4 Å². The fourth-order valence-electron chi connectivity index (χ4n) is 2.35. The van der Waals surface area contributed by atoms with E-state index >= 15 is 0 Å². The van der Waals surface area contributed by atoms with Gasteiger partial charge >= 0.3 is 0 Å². The van der Waals surface area contributed by atoms with Crippen LogP contribution in [0.15, 0.2) is 24.4 Å². The number of nitrogens with one attached hydrogen (secondary N) is 1. The average Bonchev–Trinajstić information content (AvgIpc) is 3.06. The fraction of sp³-hybridized carbons (Fsp3) is 0.250. The predicted octanol–water partition coefficient (Wildman–Crippen LogP) is 2.19. The maximum atomic E-state index is 12.2. The summed E-state index contributed by atoms with van der Waals surface area (Å²) in [6.45, 7) is 0.310. The van der Waals surface area contributed by atoms with Gasteiger partial charge in [0.1, 0.15) is 5.82 Å². The molecule has 0 saturated carbocycles. The summed E-state index contributed by atoms with van der Waals surface area (Å²) in [5.41, 5.74) is 7.46. The number of hydrogen-bond acceptors (Lipinski definition) is 4. The number of fused-ring (bicyclic) bond motifs is 1. The van der Waals surface area contributed by atoms with Crippen LogP contribution in [0.1, 0.15) is 32.1 Å². The van der Waals surface area contributed by atoms with Gasteiger partial charge in [-0.05, 0) is 43.0 Å². The molecule has 0 unspecified atom stereocenters. The summed E-state index contributed by atoms with van der Waals surface area (Å²) < 4.78 is 0. The second kappa shape index (κ2) is 6.08. The molecule has 0 spiro atoms. The number of nitrogens with two attached hydrogens (primary N) is 1. The summed E-state index contributed by atoms with van der Waals surface area (Å²) >= 11 is 1.58. The standard InChI is InChI=1S/C16H15N3OS/c17-7-2-3-11-6-8-18-15(9-11)19-16(20)14-10-12-4-1-5-13(12)21-14/h6,8-10H,1,4-5,7,17H2,(H,18,19,20). The normalized spacial score (nSPS) is 12.4. The summed E-state index contributed by atoms with van der Waals surface area (Å²) in [7, 11) is 0. The van der Waals surface area contributed by atoms with Gasteiger partial charge in [0.25, 0.3) is 5.91 Å². The van der Waals surface area contributed by atoms with Gasteiger partial charge in [-0.1, -0.05) is 11.8 Å². The van der Waals surface area contributed by atoms with Crippen LogP contribution in [-0.4, -0.2) is 17.4 Å². The smallest absolute Gasteiger partial charge is 0.266 e. The Balaban J connectivity index is 1.74. The lowest BCUT2D eigenvalue weighted by molar-refractivity contribution is 0.103. The molecule has 2 aromatic heterocycles. The van der Waals surface area contributed by atoms with Gasteiger partial charge < -0.3 is 11.1 Å². The molecular weight excluding hydrogens is 282 g/mol. The van der Waals surface area contributed by atoms with E-state index in [0.717, 1.165) is 23.3 Å². The van der Waals surface area contributed by atoms with Gasteiger partial charge in [-0.15, -0.1) is 11.3 Å². The Kier molecular flexibility index (Phi) is 4.00. The lowest BCUT2D eigenvalue weighted by Gasteiger charge is -2.03. The van der Waals surface area contributed by atoms with Gasteiger partial charge in [0, 0.05) is 16.6 Å². The van der Waals surface area contributed by atoms with E-state index in [9.17, 15) is 4.79 Å². The molecule has 21 heavy (non-hydrogen) atoms. The monoisotopic (exact) mass is 297 g/mol. The van der Waals surface area contributed by atoms with E-state index in [-0.39, 0.29) is 5.91 Å². The lowest BCUT2D eigenvalue weighted by atomic mass is 10.2. The first-order valence-electron chi connectivity index (χ1n) is 6.84. The van der Waals surface area contributed by atoms with Crippen LogP contribution in [-0.2, 0) is 12.8 Å². The number of thiophene rings is 1. The number of pyridine rings is 1. The van der Waals surface area contributed by atoms with Crippen LogP contribution in [0.5, 0.6) is 0 Å². The van der Waals surface area contributed by atoms with Gasteiger partial charge in [0.05, 0.1) is 11.4 Å². The number of aryl methyl sites for hydroxylation is 2. The molecule has 0 aromatic carbocycles. The summed E-state index contributed by atoms with van der Waals surface area (Å²) in [5.74, 6) is 6.11. The van der Waals surface area contributed by atoms with Crippen molar-refractivity contribution in [3.05, 3.63) is 45.3 Å².